The zero-order valence-corrected chi connectivity index (χ0v) is 12.2. The normalized spacial score (nSPS) is 21.1. The number of primary sulfonamides is 1. The number of nitrogens with two attached hydrogens (primary N) is 1. The average Bonchev–Trinajstić information content (AvgIpc) is 2.79. The molecule has 8 heteroatoms. The summed E-state index contributed by atoms with van der Waals surface area (Å²) in [6.45, 7) is 1.43. The van der Waals surface area contributed by atoms with Crippen LogP contribution in [0, 0.1) is 0 Å². The first-order valence-electron chi connectivity index (χ1n) is 5.57. The molecule has 1 aromatic rings. The Morgan fingerprint density at radius 2 is 2.28 bits per heavy atom. The molecule has 0 aliphatic carbocycles. The van der Waals surface area contributed by atoms with E-state index in [1.54, 1.807) is 6.07 Å². The maximum Gasteiger partial charge on any atom is 0.271 e. The molecule has 0 saturated carbocycles. The summed E-state index contributed by atoms with van der Waals surface area (Å²) in [6.07, 6.45) is 0. The molecule has 18 heavy (non-hydrogen) atoms. The van der Waals surface area contributed by atoms with Gasteiger partial charge in [-0.05, 0) is 12.1 Å². The van der Waals surface area contributed by atoms with Crippen LogP contribution in [0.3, 0.4) is 0 Å². The highest BCUT2D eigenvalue weighted by atomic mass is 32.2. The number of thioether (sulfide) groups is 2. The molecule has 1 aliphatic rings. The van der Waals surface area contributed by atoms with Gasteiger partial charge in [-0.1, -0.05) is 0 Å². The van der Waals surface area contributed by atoms with E-state index in [-0.39, 0.29) is 5.09 Å². The van der Waals surface area contributed by atoms with Crippen LogP contribution in [0.15, 0.2) is 21.6 Å². The third kappa shape index (κ3) is 4.20. The Balaban J connectivity index is 1.78. The summed E-state index contributed by atoms with van der Waals surface area (Å²) in [6, 6.07) is 3.02. The number of sulfonamides is 1. The van der Waals surface area contributed by atoms with Crippen molar-refractivity contribution in [2.45, 2.75) is 16.9 Å². The number of furan rings is 1. The van der Waals surface area contributed by atoms with Crippen LogP contribution in [0.1, 0.15) is 5.76 Å². The fourth-order valence-electron chi connectivity index (χ4n) is 1.62. The van der Waals surface area contributed by atoms with Crippen LogP contribution >= 0.6 is 23.5 Å². The molecular formula is C10H16N2O3S3. The zero-order valence-electron chi connectivity index (χ0n) is 9.79. The number of rotatable bonds is 5. The smallest absolute Gasteiger partial charge is 0.271 e. The van der Waals surface area contributed by atoms with Crippen molar-refractivity contribution in [3.63, 3.8) is 0 Å². The maximum atomic E-state index is 11.0. The Morgan fingerprint density at radius 1 is 1.44 bits per heavy atom. The minimum Gasteiger partial charge on any atom is -0.447 e. The third-order valence-corrected chi connectivity index (χ3v) is 6.10. The molecule has 1 atom stereocenters. The lowest BCUT2D eigenvalue weighted by Gasteiger charge is -2.20. The van der Waals surface area contributed by atoms with E-state index in [9.17, 15) is 8.42 Å². The average molecular weight is 308 g/mol. The van der Waals surface area contributed by atoms with Crippen LogP contribution in [0.4, 0.5) is 0 Å². The summed E-state index contributed by atoms with van der Waals surface area (Å²) in [5, 5.41) is 8.68. The second kappa shape index (κ2) is 6.33. The predicted octanol–water partition coefficient (Wildman–Crippen LogP) is 0.865. The lowest BCUT2D eigenvalue weighted by molar-refractivity contribution is 0.403. The van der Waals surface area contributed by atoms with Gasteiger partial charge in [-0.25, -0.2) is 13.6 Å². The predicted molar refractivity (Wildman–Crippen MR) is 75.4 cm³/mol. The van der Waals surface area contributed by atoms with Crippen molar-refractivity contribution in [2.24, 2.45) is 5.14 Å². The van der Waals surface area contributed by atoms with Crippen molar-refractivity contribution >= 4 is 33.5 Å². The molecule has 2 heterocycles. The Bertz CT molecular complexity index is 480. The fourth-order valence-corrected chi connectivity index (χ4v) is 4.74. The molecule has 0 aromatic carbocycles. The van der Waals surface area contributed by atoms with Crippen LogP contribution in [0.5, 0.6) is 0 Å². The molecule has 1 saturated heterocycles. The van der Waals surface area contributed by atoms with Crippen LogP contribution < -0.4 is 10.5 Å². The Labute approximate surface area is 115 Å². The van der Waals surface area contributed by atoms with Gasteiger partial charge in [-0.3, -0.25) is 0 Å². The fraction of sp³-hybridized carbons (Fsp3) is 0.600. The van der Waals surface area contributed by atoms with Gasteiger partial charge in [0.2, 0.25) is 5.09 Å². The standard InChI is InChI=1S/C10H16N2O3S3/c11-18(13,14)10-2-1-8(15-10)5-12-6-9-7-16-3-4-17-9/h1-2,9,12H,3-7H2,(H2,11,13,14). The highest BCUT2D eigenvalue weighted by Gasteiger charge is 2.15. The van der Waals surface area contributed by atoms with E-state index in [1.807, 2.05) is 23.5 Å². The molecule has 0 amide bonds. The van der Waals surface area contributed by atoms with Gasteiger partial charge in [-0.15, -0.1) is 0 Å². The van der Waals surface area contributed by atoms with Crippen LogP contribution in [-0.4, -0.2) is 37.5 Å². The molecule has 102 valence electrons. The van der Waals surface area contributed by atoms with Crippen molar-refractivity contribution in [1.82, 2.24) is 5.32 Å². The van der Waals surface area contributed by atoms with Crippen molar-refractivity contribution < 1.29 is 12.8 Å². The minimum atomic E-state index is -3.73. The van der Waals surface area contributed by atoms with Gasteiger partial charge in [0.25, 0.3) is 10.0 Å². The van der Waals surface area contributed by atoms with Crippen LogP contribution in [0.2, 0.25) is 0 Å². The largest absolute Gasteiger partial charge is 0.447 e. The lowest BCUT2D eigenvalue weighted by atomic mass is 10.4. The monoisotopic (exact) mass is 308 g/mol. The summed E-state index contributed by atoms with van der Waals surface area (Å²) >= 11 is 3.95. The maximum absolute atomic E-state index is 11.0. The molecule has 1 aromatic heterocycles. The number of hydrogen-bond donors (Lipinski definition) is 2. The van der Waals surface area contributed by atoms with Gasteiger partial charge < -0.3 is 9.73 Å². The molecular weight excluding hydrogens is 292 g/mol. The molecule has 5 nitrogen and oxygen atoms in total. The Kier molecular flexibility index (Phi) is 5.02. The molecule has 1 fully saturated rings. The molecule has 1 unspecified atom stereocenters. The van der Waals surface area contributed by atoms with E-state index in [0.717, 1.165) is 12.3 Å². The second-order valence-electron chi connectivity index (χ2n) is 3.96. The first kappa shape index (κ1) is 14.3. The van der Waals surface area contributed by atoms with Gasteiger partial charge in [0.1, 0.15) is 5.76 Å². The molecule has 2 rings (SSSR count). The summed E-state index contributed by atoms with van der Waals surface area (Å²) in [7, 11) is -3.73. The van der Waals surface area contributed by atoms with Gasteiger partial charge in [0.15, 0.2) is 0 Å². The third-order valence-electron chi connectivity index (χ3n) is 2.47. The summed E-state index contributed by atoms with van der Waals surface area (Å²) < 4.78 is 27.2. The summed E-state index contributed by atoms with van der Waals surface area (Å²) in [5.41, 5.74) is 0. The highest BCUT2D eigenvalue weighted by Crippen LogP contribution is 2.23. The van der Waals surface area contributed by atoms with Gasteiger partial charge in [0.05, 0.1) is 6.54 Å². The topological polar surface area (TPSA) is 85.3 Å². The molecule has 0 bridgehead atoms. The van der Waals surface area contributed by atoms with Crippen molar-refractivity contribution in [2.75, 3.05) is 23.8 Å². The first-order valence-corrected chi connectivity index (χ1v) is 9.32. The second-order valence-corrected chi connectivity index (χ2v) is 8.01. The SMILES string of the molecule is NS(=O)(=O)c1ccc(CNCC2CSCCS2)o1. The molecule has 0 spiro atoms. The van der Waals surface area contributed by atoms with E-state index in [2.05, 4.69) is 5.32 Å². The van der Waals surface area contributed by atoms with Crippen LogP contribution in [-0.2, 0) is 16.6 Å². The quantitative estimate of drug-likeness (QED) is 0.839. The molecule has 1 aliphatic heterocycles. The first-order chi connectivity index (χ1) is 8.55. The van der Waals surface area contributed by atoms with E-state index in [1.165, 1.54) is 17.6 Å². The number of nitrogens with one attached hydrogen (secondary N) is 1. The summed E-state index contributed by atoms with van der Waals surface area (Å²) in [4.78, 5) is 0. The van der Waals surface area contributed by atoms with E-state index >= 15 is 0 Å². The molecule has 0 radical (unpaired) electrons. The van der Waals surface area contributed by atoms with E-state index in [0.29, 0.717) is 17.6 Å². The van der Waals surface area contributed by atoms with Crippen LogP contribution in [0.25, 0.3) is 0 Å². The van der Waals surface area contributed by atoms with Crippen molar-refractivity contribution in [1.29, 1.82) is 0 Å². The van der Waals surface area contributed by atoms with Gasteiger partial charge >= 0.3 is 0 Å². The Morgan fingerprint density at radius 3 is 2.89 bits per heavy atom. The van der Waals surface area contributed by atoms with Gasteiger partial charge in [0, 0.05) is 29.1 Å². The summed E-state index contributed by atoms with van der Waals surface area (Å²) in [5.74, 6) is 4.19. The van der Waals surface area contributed by atoms with Gasteiger partial charge in [-0.2, -0.15) is 23.5 Å². The highest BCUT2D eigenvalue weighted by molar-refractivity contribution is 8.06. The van der Waals surface area contributed by atoms with Crippen molar-refractivity contribution in [3.8, 4) is 0 Å². The lowest BCUT2D eigenvalue weighted by Crippen LogP contribution is -2.28. The van der Waals surface area contributed by atoms with E-state index < -0.39 is 10.0 Å². The zero-order chi connectivity index (χ0) is 13.0. The van der Waals surface area contributed by atoms with Crippen molar-refractivity contribution in [3.05, 3.63) is 17.9 Å². The number of hydrogen-bond acceptors (Lipinski definition) is 6. The minimum absolute atomic E-state index is 0.179. The Hall–Kier alpha value is -0.150. The molecule has 3 N–H and O–H groups in total. The van der Waals surface area contributed by atoms with E-state index in [4.69, 9.17) is 9.56 Å².